The van der Waals surface area contributed by atoms with Gasteiger partial charge in [0.25, 0.3) is 5.91 Å². The van der Waals surface area contributed by atoms with E-state index in [4.69, 9.17) is 11.6 Å². The molecular formula is C22H23ClFN3O2. The van der Waals surface area contributed by atoms with Gasteiger partial charge in [-0.2, -0.15) is 0 Å². The molecule has 2 aliphatic rings. The van der Waals surface area contributed by atoms with E-state index in [1.807, 2.05) is 4.90 Å². The number of hydrogen-bond acceptors (Lipinski definition) is 3. The fourth-order valence-electron chi connectivity index (χ4n) is 4.60. The number of fused-ring (bicyclic) bond motifs is 1. The molecule has 1 saturated heterocycles. The number of benzene rings is 2. The highest BCUT2D eigenvalue weighted by Gasteiger charge is 2.56. The van der Waals surface area contributed by atoms with Crippen LogP contribution in [0.5, 0.6) is 0 Å². The van der Waals surface area contributed by atoms with Crippen LogP contribution >= 0.6 is 11.6 Å². The van der Waals surface area contributed by atoms with E-state index in [1.165, 1.54) is 6.07 Å². The molecular weight excluding hydrogens is 393 g/mol. The Balaban J connectivity index is 1.92. The van der Waals surface area contributed by atoms with Crippen molar-refractivity contribution in [2.75, 3.05) is 26.0 Å². The second kappa shape index (κ2) is 7.43. The van der Waals surface area contributed by atoms with E-state index in [-0.39, 0.29) is 29.8 Å². The molecule has 0 aliphatic carbocycles. The van der Waals surface area contributed by atoms with Crippen molar-refractivity contribution in [3.8, 4) is 0 Å². The van der Waals surface area contributed by atoms with Gasteiger partial charge in [-0.3, -0.25) is 14.5 Å². The average molecular weight is 416 g/mol. The Morgan fingerprint density at radius 3 is 2.76 bits per heavy atom. The minimum Gasteiger partial charge on any atom is -0.349 e. The van der Waals surface area contributed by atoms with Crippen molar-refractivity contribution in [3.05, 3.63) is 64.4 Å². The van der Waals surface area contributed by atoms with Gasteiger partial charge in [0.15, 0.2) is 5.54 Å². The smallest absolute Gasteiger partial charge is 0.254 e. The van der Waals surface area contributed by atoms with Crippen molar-refractivity contribution in [1.29, 1.82) is 0 Å². The molecule has 2 aromatic rings. The lowest BCUT2D eigenvalue weighted by molar-refractivity contribution is -0.132. The molecule has 1 N–H and O–H groups in total. The molecule has 2 aliphatic heterocycles. The Bertz CT molecular complexity index is 980. The first-order valence-corrected chi connectivity index (χ1v) is 10.1. The van der Waals surface area contributed by atoms with E-state index in [9.17, 15) is 9.59 Å². The van der Waals surface area contributed by atoms with E-state index in [0.717, 1.165) is 12.8 Å². The minimum absolute atomic E-state index is 0.0182. The molecule has 29 heavy (non-hydrogen) atoms. The van der Waals surface area contributed by atoms with Crippen LogP contribution in [0.3, 0.4) is 0 Å². The highest BCUT2D eigenvalue weighted by molar-refractivity contribution is 6.31. The summed E-state index contributed by atoms with van der Waals surface area (Å²) >= 11 is 6.28. The highest BCUT2D eigenvalue weighted by atomic mass is 35.5. The van der Waals surface area contributed by atoms with Gasteiger partial charge in [-0.15, -0.1) is 0 Å². The standard InChI is InChI=1S/C22H23ClFN3O2/c1-26(2)20(28)13-15-6-5-11-27(15)22(16-7-3-4-8-18(16)24)17-12-14(23)9-10-19(17)25-21(22)29/h3-4,7-10,12,15H,5-6,11,13H2,1-2H3,(H,25,29)/t15-,22?/m0/s1. The number of halogens is 2. The van der Waals surface area contributed by atoms with Crippen molar-refractivity contribution >= 4 is 29.1 Å². The molecule has 4 rings (SSSR count). The van der Waals surface area contributed by atoms with Crippen LogP contribution < -0.4 is 5.32 Å². The van der Waals surface area contributed by atoms with Crippen LogP contribution in [0.2, 0.25) is 5.02 Å². The maximum Gasteiger partial charge on any atom is 0.254 e. The molecule has 0 radical (unpaired) electrons. The number of anilines is 1. The molecule has 0 saturated carbocycles. The van der Waals surface area contributed by atoms with Crippen LogP contribution in [-0.2, 0) is 15.1 Å². The second-order valence-electron chi connectivity index (χ2n) is 7.82. The highest BCUT2D eigenvalue weighted by Crippen LogP contribution is 2.49. The number of carbonyl (C=O) groups is 2. The van der Waals surface area contributed by atoms with Crippen LogP contribution in [0, 0.1) is 5.82 Å². The Hall–Kier alpha value is -2.44. The van der Waals surface area contributed by atoms with Crippen molar-refractivity contribution in [2.45, 2.75) is 30.8 Å². The predicted molar refractivity (Wildman–Crippen MR) is 110 cm³/mol. The van der Waals surface area contributed by atoms with Crippen LogP contribution in [0.1, 0.15) is 30.4 Å². The van der Waals surface area contributed by atoms with Crippen LogP contribution in [-0.4, -0.2) is 48.3 Å². The van der Waals surface area contributed by atoms with Gasteiger partial charge < -0.3 is 10.2 Å². The van der Waals surface area contributed by atoms with E-state index in [1.54, 1.807) is 55.4 Å². The summed E-state index contributed by atoms with van der Waals surface area (Å²) in [6.07, 6.45) is 1.86. The van der Waals surface area contributed by atoms with Gasteiger partial charge in [0.05, 0.1) is 0 Å². The summed E-state index contributed by atoms with van der Waals surface area (Å²) in [5, 5.41) is 3.39. The summed E-state index contributed by atoms with van der Waals surface area (Å²) in [4.78, 5) is 29.5. The minimum atomic E-state index is -1.36. The van der Waals surface area contributed by atoms with E-state index < -0.39 is 11.4 Å². The van der Waals surface area contributed by atoms with Crippen LogP contribution in [0.25, 0.3) is 0 Å². The van der Waals surface area contributed by atoms with Gasteiger partial charge in [0.1, 0.15) is 5.82 Å². The van der Waals surface area contributed by atoms with Gasteiger partial charge >= 0.3 is 0 Å². The van der Waals surface area contributed by atoms with Crippen molar-refractivity contribution in [1.82, 2.24) is 9.80 Å². The number of hydrogen-bond donors (Lipinski definition) is 1. The molecule has 0 aromatic heterocycles. The van der Waals surface area contributed by atoms with Crippen LogP contribution in [0.4, 0.5) is 10.1 Å². The molecule has 0 spiro atoms. The Morgan fingerprint density at radius 1 is 1.28 bits per heavy atom. The molecule has 2 atom stereocenters. The number of carbonyl (C=O) groups excluding carboxylic acids is 2. The summed E-state index contributed by atoms with van der Waals surface area (Å²) < 4.78 is 15.1. The second-order valence-corrected chi connectivity index (χ2v) is 8.25. The number of rotatable bonds is 4. The van der Waals surface area contributed by atoms with E-state index >= 15 is 4.39 Å². The topological polar surface area (TPSA) is 52.7 Å². The Labute approximate surface area is 174 Å². The summed E-state index contributed by atoms with van der Waals surface area (Å²) in [5.41, 5.74) is 0.165. The fourth-order valence-corrected chi connectivity index (χ4v) is 4.77. The zero-order valence-electron chi connectivity index (χ0n) is 16.4. The molecule has 7 heteroatoms. The monoisotopic (exact) mass is 415 g/mol. The molecule has 2 aromatic carbocycles. The third kappa shape index (κ3) is 3.11. The van der Waals surface area contributed by atoms with Gasteiger partial charge in [0, 0.05) is 54.9 Å². The molecule has 0 bridgehead atoms. The van der Waals surface area contributed by atoms with Gasteiger partial charge in [0.2, 0.25) is 5.91 Å². The molecule has 2 heterocycles. The first-order valence-electron chi connectivity index (χ1n) is 9.69. The molecule has 152 valence electrons. The van der Waals surface area contributed by atoms with E-state index in [0.29, 0.717) is 22.8 Å². The maximum absolute atomic E-state index is 15.1. The quantitative estimate of drug-likeness (QED) is 0.829. The molecule has 1 fully saturated rings. The van der Waals surface area contributed by atoms with Crippen molar-refractivity contribution < 1.29 is 14.0 Å². The molecule has 2 amide bonds. The van der Waals surface area contributed by atoms with E-state index in [2.05, 4.69) is 5.32 Å². The number of nitrogens with one attached hydrogen (secondary N) is 1. The first kappa shape index (κ1) is 19.9. The summed E-state index contributed by atoms with van der Waals surface area (Å²) in [7, 11) is 3.43. The number of nitrogens with zero attached hydrogens (tertiary/aromatic N) is 2. The summed E-state index contributed by atoms with van der Waals surface area (Å²) in [6, 6.07) is 11.3. The van der Waals surface area contributed by atoms with Gasteiger partial charge in [-0.05, 0) is 37.1 Å². The SMILES string of the molecule is CN(C)C(=O)C[C@@H]1CCCN1C1(c2ccccc2F)C(=O)Nc2ccc(Cl)cc21. The third-order valence-corrected chi connectivity index (χ3v) is 6.16. The molecule has 5 nitrogen and oxygen atoms in total. The summed E-state index contributed by atoms with van der Waals surface area (Å²) in [5.74, 6) is -0.792. The first-order chi connectivity index (χ1) is 13.9. The molecule has 1 unspecified atom stereocenters. The summed E-state index contributed by atoms with van der Waals surface area (Å²) in [6.45, 7) is 0.582. The predicted octanol–water partition coefficient (Wildman–Crippen LogP) is 3.62. The Kier molecular flexibility index (Phi) is 5.09. The lowest BCUT2D eigenvalue weighted by Crippen LogP contribution is -2.55. The average Bonchev–Trinajstić information content (AvgIpc) is 3.24. The van der Waals surface area contributed by atoms with Crippen molar-refractivity contribution in [3.63, 3.8) is 0 Å². The largest absolute Gasteiger partial charge is 0.349 e. The number of amides is 2. The zero-order valence-corrected chi connectivity index (χ0v) is 17.2. The zero-order chi connectivity index (χ0) is 20.8. The number of likely N-dealkylation sites (tertiary alicyclic amines) is 1. The van der Waals surface area contributed by atoms with Gasteiger partial charge in [-0.25, -0.2) is 4.39 Å². The third-order valence-electron chi connectivity index (χ3n) is 5.93. The Morgan fingerprint density at radius 2 is 2.03 bits per heavy atom. The lowest BCUT2D eigenvalue weighted by Gasteiger charge is -2.41. The lowest BCUT2D eigenvalue weighted by atomic mass is 9.81. The van der Waals surface area contributed by atoms with Crippen molar-refractivity contribution in [2.24, 2.45) is 0 Å². The van der Waals surface area contributed by atoms with Gasteiger partial charge in [-0.1, -0.05) is 29.8 Å². The fraction of sp³-hybridized carbons (Fsp3) is 0.364. The van der Waals surface area contributed by atoms with Crippen LogP contribution in [0.15, 0.2) is 42.5 Å². The normalized spacial score (nSPS) is 23.7. The maximum atomic E-state index is 15.1.